The Morgan fingerprint density at radius 2 is 1.88 bits per heavy atom. The maximum absolute atomic E-state index is 12.2. The smallest absolute Gasteiger partial charge is 0.313 e. The first-order valence-corrected chi connectivity index (χ1v) is 11.9. The van der Waals surface area contributed by atoms with Gasteiger partial charge in [-0.15, -0.1) is 0 Å². The zero-order chi connectivity index (χ0) is 12.4. The summed E-state index contributed by atoms with van der Waals surface area (Å²) < 4.78 is 28.5. The summed E-state index contributed by atoms with van der Waals surface area (Å²) in [5.74, 6) is -0.261. The average molecular weight is 304 g/mol. The molecule has 0 bridgehead atoms. The van der Waals surface area contributed by atoms with Crippen LogP contribution in [-0.4, -0.2) is 34.3 Å². The largest absolute Gasteiger partial charge is 0.314 e. The molecule has 0 aliphatic heterocycles. The van der Waals surface area contributed by atoms with Gasteiger partial charge in [-0.05, 0) is 19.8 Å². The van der Waals surface area contributed by atoms with Crippen molar-refractivity contribution in [1.82, 2.24) is 0 Å². The molecule has 0 amide bonds. The van der Waals surface area contributed by atoms with Crippen molar-refractivity contribution in [2.45, 2.75) is 26.7 Å². The molecule has 0 aliphatic carbocycles. The predicted octanol–water partition coefficient (Wildman–Crippen LogP) is 3.78. The Kier molecular flexibility index (Phi) is 10.7. The average Bonchev–Trinajstić information content (AvgIpc) is 2.22. The fraction of sp³-hybridized carbons (Fsp3) is 1.00. The van der Waals surface area contributed by atoms with E-state index in [0.717, 1.165) is 24.3 Å². The highest BCUT2D eigenvalue weighted by atomic mass is 33.1. The minimum atomic E-state index is -2.56. The molecule has 0 rings (SSSR count). The van der Waals surface area contributed by atoms with Crippen LogP contribution < -0.4 is 0 Å². The normalized spacial score (nSPS) is 16.9. The first-order valence-electron chi connectivity index (χ1n) is 5.37. The molecule has 0 heterocycles. The fourth-order valence-electron chi connectivity index (χ4n) is 0.912. The maximum Gasteiger partial charge on any atom is 0.313 e. The molecule has 0 saturated carbocycles. The summed E-state index contributed by atoms with van der Waals surface area (Å²) in [4.78, 5) is 0. The molecule has 0 aliphatic rings. The number of rotatable bonds is 10. The lowest BCUT2D eigenvalue weighted by Crippen LogP contribution is -1.95. The zero-order valence-corrected chi connectivity index (χ0v) is 13.5. The molecule has 0 aromatic heterocycles. The molecule has 0 radical (unpaired) electrons. The van der Waals surface area contributed by atoms with Gasteiger partial charge in [-0.2, -0.15) is 0 Å². The molecule has 0 N–H and O–H groups in total. The molecule has 0 saturated heterocycles. The Labute approximate surface area is 109 Å². The van der Waals surface area contributed by atoms with Gasteiger partial charge in [-0.25, -0.2) is 0 Å². The summed E-state index contributed by atoms with van der Waals surface area (Å²) >= 11 is 2.82. The van der Waals surface area contributed by atoms with Gasteiger partial charge in [0.15, 0.2) is 0 Å². The highest BCUT2D eigenvalue weighted by Crippen LogP contribution is 2.69. The van der Waals surface area contributed by atoms with Gasteiger partial charge in [0, 0.05) is 34.3 Å². The van der Waals surface area contributed by atoms with Gasteiger partial charge >= 0.3 is 5.77 Å². The van der Waals surface area contributed by atoms with Crippen LogP contribution in [0.3, 0.4) is 0 Å². The van der Waals surface area contributed by atoms with Gasteiger partial charge in [-0.1, -0.05) is 29.7 Å². The van der Waals surface area contributed by atoms with Crippen LogP contribution in [0.25, 0.3) is 0 Å². The van der Waals surface area contributed by atoms with Crippen LogP contribution in [0, 0.1) is 0 Å². The van der Waals surface area contributed by atoms with E-state index in [4.69, 9.17) is 4.52 Å². The van der Waals surface area contributed by atoms with E-state index in [1.54, 1.807) is 6.26 Å². The topological polar surface area (TPSA) is 43.4 Å². The van der Waals surface area contributed by atoms with Crippen LogP contribution in [0.2, 0.25) is 0 Å². The Bertz CT molecular complexity index is 248. The van der Waals surface area contributed by atoms with Gasteiger partial charge in [0.2, 0.25) is 0 Å². The molecule has 1 unspecified atom stereocenters. The van der Waals surface area contributed by atoms with Crippen molar-refractivity contribution in [3.05, 3.63) is 0 Å². The fourth-order valence-corrected chi connectivity index (χ4v) is 8.68. The molecule has 7 heteroatoms. The summed E-state index contributed by atoms with van der Waals surface area (Å²) in [6, 6.07) is 0. The molecule has 0 aromatic carbocycles. The lowest BCUT2D eigenvalue weighted by Gasteiger charge is -2.15. The predicted molar refractivity (Wildman–Crippen MR) is 78.0 cm³/mol. The zero-order valence-electron chi connectivity index (χ0n) is 10.1. The Hall–Kier alpha value is 1.04. The van der Waals surface area contributed by atoms with E-state index in [0.29, 0.717) is 12.4 Å². The van der Waals surface area contributed by atoms with Crippen LogP contribution in [0.4, 0.5) is 0 Å². The second-order valence-corrected chi connectivity index (χ2v) is 12.3. The SMILES string of the molecule is CCCSP(=O)(OCC)SCCC[S@](C)=O. The highest BCUT2D eigenvalue weighted by Gasteiger charge is 2.23. The molecule has 3 nitrogen and oxygen atoms in total. The third-order valence-electron chi connectivity index (χ3n) is 1.57. The van der Waals surface area contributed by atoms with E-state index in [2.05, 4.69) is 6.92 Å². The van der Waals surface area contributed by atoms with Crippen molar-refractivity contribution in [2.24, 2.45) is 0 Å². The van der Waals surface area contributed by atoms with Crippen LogP contribution in [0.1, 0.15) is 26.7 Å². The number of hydrogen-bond acceptors (Lipinski definition) is 5. The van der Waals surface area contributed by atoms with Crippen LogP contribution in [0.15, 0.2) is 0 Å². The second kappa shape index (κ2) is 10.0. The van der Waals surface area contributed by atoms with Crippen LogP contribution in [0.5, 0.6) is 0 Å². The molecule has 2 atom stereocenters. The van der Waals surface area contributed by atoms with E-state index in [1.807, 2.05) is 6.92 Å². The summed E-state index contributed by atoms with van der Waals surface area (Å²) in [6.07, 6.45) is 3.53. The summed E-state index contributed by atoms with van der Waals surface area (Å²) in [5.41, 5.74) is 0. The van der Waals surface area contributed by atoms with Crippen LogP contribution in [-0.2, 0) is 19.9 Å². The lowest BCUT2D eigenvalue weighted by atomic mass is 10.6. The molecule has 0 spiro atoms. The molecular formula is C9H21O3PS3. The Balaban J connectivity index is 3.91. The molecule has 0 aromatic rings. The Morgan fingerprint density at radius 3 is 2.38 bits per heavy atom. The van der Waals surface area contributed by atoms with E-state index >= 15 is 0 Å². The molecular weight excluding hydrogens is 283 g/mol. The standard InChI is InChI=1S/C9H21O3PS3/c1-4-7-14-13(10,12-5-2)15-8-6-9-16(3)11/h4-9H2,1-3H3/t13?,16-/m0/s1. The summed E-state index contributed by atoms with van der Waals surface area (Å²) in [7, 11) is -0.754. The van der Waals surface area contributed by atoms with E-state index in [-0.39, 0.29) is 0 Å². The van der Waals surface area contributed by atoms with Crippen LogP contribution >= 0.6 is 28.5 Å². The third kappa shape index (κ3) is 9.11. The van der Waals surface area contributed by atoms with Gasteiger partial charge in [0.05, 0.1) is 6.61 Å². The second-order valence-electron chi connectivity index (χ2n) is 3.16. The van der Waals surface area contributed by atoms with E-state index in [1.165, 1.54) is 22.8 Å². The maximum atomic E-state index is 12.2. The first-order chi connectivity index (χ1) is 7.54. The van der Waals surface area contributed by atoms with Crippen molar-refractivity contribution < 1.29 is 13.3 Å². The highest BCUT2D eigenvalue weighted by molar-refractivity contribution is 8.89. The van der Waals surface area contributed by atoms with Crippen molar-refractivity contribution in [3.8, 4) is 0 Å². The van der Waals surface area contributed by atoms with Gasteiger partial charge < -0.3 is 4.52 Å². The third-order valence-corrected chi connectivity index (χ3v) is 10.2. The number of hydrogen-bond donors (Lipinski definition) is 0. The minimum Gasteiger partial charge on any atom is -0.314 e. The van der Waals surface area contributed by atoms with E-state index < -0.39 is 16.6 Å². The van der Waals surface area contributed by atoms with Gasteiger partial charge in [0.25, 0.3) is 0 Å². The Morgan fingerprint density at radius 1 is 1.25 bits per heavy atom. The van der Waals surface area contributed by atoms with Crippen molar-refractivity contribution in [3.63, 3.8) is 0 Å². The minimum absolute atomic E-state index is 0.487. The monoisotopic (exact) mass is 304 g/mol. The first kappa shape index (κ1) is 17.0. The summed E-state index contributed by atoms with van der Waals surface area (Å²) in [5, 5.41) is 0. The van der Waals surface area contributed by atoms with Crippen molar-refractivity contribution in [1.29, 1.82) is 0 Å². The molecule has 16 heavy (non-hydrogen) atoms. The molecule has 0 fully saturated rings. The van der Waals surface area contributed by atoms with Crippen molar-refractivity contribution in [2.75, 3.05) is 30.1 Å². The lowest BCUT2D eigenvalue weighted by molar-refractivity contribution is 0.357. The van der Waals surface area contributed by atoms with Gasteiger partial charge in [0.1, 0.15) is 0 Å². The van der Waals surface area contributed by atoms with Gasteiger partial charge in [-0.3, -0.25) is 8.77 Å². The van der Waals surface area contributed by atoms with E-state index in [9.17, 15) is 8.77 Å². The quantitative estimate of drug-likeness (QED) is 0.454. The summed E-state index contributed by atoms with van der Waals surface area (Å²) in [6.45, 7) is 4.41. The van der Waals surface area contributed by atoms with Crippen molar-refractivity contribution >= 4 is 39.3 Å². The molecule has 98 valence electrons.